The van der Waals surface area contributed by atoms with E-state index in [1.807, 2.05) is 0 Å². The maximum Gasteiger partial charge on any atom is 0.340 e. The van der Waals surface area contributed by atoms with Crippen LogP contribution >= 0.6 is 11.5 Å². The molecule has 4 nitrogen and oxygen atoms in total. The second-order valence-electron chi connectivity index (χ2n) is 3.56. The number of carboxylic acid groups (broad SMARTS) is 1. The predicted octanol–water partition coefficient (Wildman–Crippen LogP) is 3.17. The van der Waals surface area contributed by atoms with E-state index >= 15 is 0 Å². The van der Waals surface area contributed by atoms with Gasteiger partial charge in [-0.25, -0.2) is 13.6 Å². The van der Waals surface area contributed by atoms with E-state index in [0.29, 0.717) is 5.69 Å². The highest BCUT2D eigenvalue weighted by molar-refractivity contribution is 7.10. The molecule has 0 unspecified atom stereocenters. The van der Waals surface area contributed by atoms with E-state index in [9.17, 15) is 13.6 Å². The summed E-state index contributed by atoms with van der Waals surface area (Å²) >= 11 is 0.924. The van der Waals surface area contributed by atoms with Crippen molar-refractivity contribution in [3.8, 4) is 0 Å². The summed E-state index contributed by atoms with van der Waals surface area (Å²) < 4.78 is 29.9. The Labute approximate surface area is 105 Å². The minimum Gasteiger partial charge on any atom is -0.478 e. The van der Waals surface area contributed by atoms with Crippen LogP contribution in [-0.4, -0.2) is 15.4 Å². The van der Waals surface area contributed by atoms with Gasteiger partial charge in [-0.2, -0.15) is 4.37 Å². The smallest absolute Gasteiger partial charge is 0.340 e. The zero-order valence-corrected chi connectivity index (χ0v) is 10.0. The summed E-state index contributed by atoms with van der Waals surface area (Å²) in [4.78, 5) is 11.0. The number of hydrogen-bond acceptors (Lipinski definition) is 4. The van der Waals surface area contributed by atoms with Gasteiger partial charge < -0.3 is 10.4 Å². The summed E-state index contributed by atoms with van der Waals surface area (Å²) in [5.41, 5.74) is 0.496. The van der Waals surface area contributed by atoms with E-state index in [4.69, 9.17) is 5.11 Å². The largest absolute Gasteiger partial charge is 0.478 e. The van der Waals surface area contributed by atoms with E-state index in [-0.39, 0.29) is 16.3 Å². The van der Waals surface area contributed by atoms with Crippen LogP contribution in [0.2, 0.25) is 0 Å². The van der Waals surface area contributed by atoms with Crippen molar-refractivity contribution in [2.45, 2.75) is 6.92 Å². The molecule has 0 aliphatic rings. The Morgan fingerprint density at radius 2 is 1.94 bits per heavy atom. The number of anilines is 2. The number of hydrogen-bond donors (Lipinski definition) is 2. The fourth-order valence-electron chi connectivity index (χ4n) is 1.46. The molecule has 0 spiro atoms. The number of aromatic nitrogens is 1. The topological polar surface area (TPSA) is 62.2 Å². The second-order valence-corrected chi connectivity index (χ2v) is 4.33. The predicted molar refractivity (Wildman–Crippen MR) is 63.5 cm³/mol. The van der Waals surface area contributed by atoms with Crippen LogP contribution in [0.25, 0.3) is 0 Å². The molecule has 18 heavy (non-hydrogen) atoms. The number of halogens is 2. The first-order chi connectivity index (χ1) is 8.47. The number of nitrogens with zero attached hydrogens (tertiary/aromatic N) is 1. The number of aryl methyl sites for hydroxylation is 1. The molecule has 0 bridgehead atoms. The van der Waals surface area contributed by atoms with Crippen molar-refractivity contribution in [3.05, 3.63) is 41.1 Å². The normalized spacial score (nSPS) is 10.4. The van der Waals surface area contributed by atoms with Crippen molar-refractivity contribution in [2.24, 2.45) is 0 Å². The standard InChI is InChI=1S/C11H8F2N2O2S/c1-5-9(11(16)17)10(18-15-5)14-8-3-6(12)2-7(13)4-8/h2-4,14H,1H3,(H,16,17). The minimum absolute atomic E-state index is 0.00432. The van der Waals surface area contributed by atoms with E-state index in [1.54, 1.807) is 6.92 Å². The lowest BCUT2D eigenvalue weighted by Gasteiger charge is -2.05. The molecule has 0 atom stereocenters. The highest BCUT2D eigenvalue weighted by atomic mass is 32.1. The van der Waals surface area contributed by atoms with Crippen LogP contribution in [0.1, 0.15) is 16.1 Å². The Balaban J connectivity index is 2.37. The van der Waals surface area contributed by atoms with Gasteiger partial charge in [-0.1, -0.05) is 0 Å². The molecule has 0 aliphatic carbocycles. The Hall–Kier alpha value is -2.02. The summed E-state index contributed by atoms with van der Waals surface area (Å²) in [6.07, 6.45) is 0. The number of carboxylic acids is 1. The first-order valence-electron chi connectivity index (χ1n) is 4.90. The molecule has 2 aromatic rings. The van der Waals surface area contributed by atoms with Gasteiger partial charge in [-0.15, -0.1) is 0 Å². The van der Waals surface area contributed by atoms with E-state index in [1.165, 1.54) is 0 Å². The maximum atomic E-state index is 13.0. The first kappa shape index (κ1) is 12.4. The van der Waals surface area contributed by atoms with Gasteiger partial charge in [0.15, 0.2) is 0 Å². The molecule has 0 amide bonds. The highest BCUT2D eigenvalue weighted by Gasteiger charge is 2.17. The van der Waals surface area contributed by atoms with Crippen LogP contribution in [0, 0.1) is 18.6 Å². The summed E-state index contributed by atoms with van der Waals surface area (Å²) in [7, 11) is 0. The summed E-state index contributed by atoms with van der Waals surface area (Å²) in [5, 5.41) is 11.9. The molecular formula is C11H8F2N2O2S. The van der Waals surface area contributed by atoms with Crippen molar-refractivity contribution in [2.75, 3.05) is 5.32 Å². The third kappa shape index (κ3) is 2.45. The van der Waals surface area contributed by atoms with Gasteiger partial charge in [0.1, 0.15) is 22.2 Å². The van der Waals surface area contributed by atoms with E-state index in [0.717, 1.165) is 29.7 Å². The van der Waals surface area contributed by atoms with Crippen molar-refractivity contribution in [1.82, 2.24) is 4.37 Å². The van der Waals surface area contributed by atoms with Crippen molar-refractivity contribution < 1.29 is 18.7 Å². The zero-order valence-electron chi connectivity index (χ0n) is 9.20. The number of benzene rings is 1. The molecule has 1 aromatic carbocycles. The van der Waals surface area contributed by atoms with Crippen molar-refractivity contribution >= 4 is 28.2 Å². The summed E-state index contributed by atoms with van der Waals surface area (Å²) in [6, 6.07) is 2.88. The Morgan fingerprint density at radius 3 is 2.50 bits per heavy atom. The van der Waals surface area contributed by atoms with Crippen LogP contribution in [0.5, 0.6) is 0 Å². The fraction of sp³-hybridized carbons (Fsp3) is 0.0909. The van der Waals surface area contributed by atoms with Gasteiger partial charge in [0.05, 0.1) is 5.69 Å². The fourth-order valence-corrected chi connectivity index (χ4v) is 2.27. The van der Waals surface area contributed by atoms with Crippen LogP contribution in [0.15, 0.2) is 18.2 Å². The van der Waals surface area contributed by atoms with Crippen LogP contribution < -0.4 is 5.32 Å². The third-order valence-corrected chi connectivity index (χ3v) is 3.05. The van der Waals surface area contributed by atoms with Gasteiger partial charge in [-0.3, -0.25) is 0 Å². The average Bonchev–Trinajstić information content (AvgIpc) is 2.57. The molecule has 94 valence electrons. The summed E-state index contributed by atoms with van der Waals surface area (Å²) in [6.45, 7) is 1.55. The minimum atomic E-state index is -1.14. The quantitative estimate of drug-likeness (QED) is 0.899. The van der Waals surface area contributed by atoms with Gasteiger partial charge >= 0.3 is 5.97 Å². The van der Waals surface area contributed by atoms with Crippen LogP contribution in [0.4, 0.5) is 19.5 Å². The van der Waals surface area contributed by atoms with Gasteiger partial charge in [0.2, 0.25) is 0 Å². The third-order valence-electron chi connectivity index (χ3n) is 2.20. The molecule has 7 heteroatoms. The number of rotatable bonds is 3. The molecule has 0 saturated carbocycles. The maximum absolute atomic E-state index is 13.0. The highest BCUT2D eigenvalue weighted by Crippen LogP contribution is 2.28. The SMILES string of the molecule is Cc1nsc(Nc2cc(F)cc(F)c2)c1C(=O)O. The van der Waals surface area contributed by atoms with Gasteiger partial charge in [0.25, 0.3) is 0 Å². The molecule has 0 saturated heterocycles. The molecule has 1 heterocycles. The first-order valence-corrected chi connectivity index (χ1v) is 5.67. The van der Waals surface area contributed by atoms with Crippen LogP contribution in [0.3, 0.4) is 0 Å². The zero-order chi connectivity index (χ0) is 13.3. The number of nitrogens with one attached hydrogen (secondary N) is 1. The Morgan fingerprint density at radius 1 is 1.33 bits per heavy atom. The average molecular weight is 270 g/mol. The molecule has 0 radical (unpaired) electrons. The Kier molecular flexibility index (Phi) is 3.24. The summed E-state index contributed by atoms with van der Waals surface area (Å²) in [5.74, 6) is -2.62. The molecule has 2 N–H and O–H groups in total. The molecule has 2 rings (SSSR count). The van der Waals surface area contributed by atoms with Crippen LogP contribution in [-0.2, 0) is 0 Å². The lowest BCUT2D eigenvalue weighted by atomic mass is 10.2. The van der Waals surface area contributed by atoms with Gasteiger partial charge in [0, 0.05) is 11.8 Å². The monoisotopic (exact) mass is 270 g/mol. The lowest BCUT2D eigenvalue weighted by molar-refractivity contribution is 0.0697. The van der Waals surface area contributed by atoms with E-state index < -0.39 is 17.6 Å². The molecule has 0 fully saturated rings. The molecular weight excluding hydrogens is 262 g/mol. The molecule has 1 aromatic heterocycles. The van der Waals surface area contributed by atoms with Crippen molar-refractivity contribution in [3.63, 3.8) is 0 Å². The van der Waals surface area contributed by atoms with Gasteiger partial charge in [-0.05, 0) is 30.6 Å². The molecule has 0 aliphatic heterocycles. The Bertz CT molecular complexity index is 593. The van der Waals surface area contributed by atoms with E-state index in [2.05, 4.69) is 9.69 Å². The number of aromatic carboxylic acids is 1. The second kappa shape index (κ2) is 4.69. The van der Waals surface area contributed by atoms with Crippen molar-refractivity contribution in [1.29, 1.82) is 0 Å². The lowest BCUT2D eigenvalue weighted by Crippen LogP contribution is -2.01. The number of carbonyl (C=O) groups is 1.